The SMILES string of the molecule is Cc1nn(C)cc1C(C)NCCCOC(C)C. The molecule has 0 aliphatic carbocycles. The molecule has 0 aromatic carbocycles. The van der Waals surface area contributed by atoms with Gasteiger partial charge in [0.25, 0.3) is 0 Å². The standard InChI is InChI=1S/C13H25N3O/c1-10(2)17-8-6-7-14-11(3)13-9-16(5)15-12(13)4/h9-11,14H,6-8H2,1-5H3. The van der Waals surface area contributed by atoms with Gasteiger partial charge < -0.3 is 10.1 Å². The van der Waals surface area contributed by atoms with Crippen LogP contribution in [0.4, 0.5) is 0 Å². The summed E-state index contributed by atoms with van der Waals surface area (Å²) in [5.74, 6) is 0. The van der Waals surface area contributed by atoms with Crippen molar-refractivity contribution in [2.45, 2.75) is 46.3 Å². The van der Waals surface area contributed by atoms with E-state index in [-0.39, 0.29) is 0 Å². The van der Waals surface area contributed by atoms with E-state index < -0.39 is 0 Å². The van der Waals surface area contributed by atoms with Crippen LogP contribution >= 0.6 is 0 Å². The van der Waals surface area contributed by atoms with Crippen molar-refractivity contribution in [1.29, 1.82) is 0 Å². The second-order valence-corrected chi connectivity index (χ2v) is 4.79. The molecule has 1 aromatic heterocycles. The van der Waals surface area contributed by atoms with E-state index in [9.17, 15) is 0 Å². The second-order valence-electron chi connectivity index (χ2n) is 4.79. The highest BCUT2D eigenvalue weighted by molar-refractivity contribution is 5.19. The summed E-state index contributed by atoms with van der Waals surface area (Å²) in [7, 11) is 1.96. The molecule has 1 rings (SSSR count). The van der Waals surface area contributed by atoms with Crippen LogP contribution in [0.3, 0.4) is 0 Å². The maximum Gasteiger partial charge on any atom is 0.0641 e. The molecule has 1 aromatic rings. The normalized spacial score (nSPS) is 13.3. The average molecular weight is 239 g/mol. The van der Waals surface area contributed by atoms with Gasteiger partial charge in [-0.1, -0.05) is 0 Å². The van der Waals surface area contributed by atoms with Gasteiger partial charge in [0.05, 0.1) is 11.8 Å². The van der Waals surface area contributed by atoms with Gasteiger partial charge in [-0.3, -0.25) is 4.68 Å². The first-order valence-corrected chi connectivity index (χ1v) is 6.36. The zero-order chi connectivity index (χ0) is 12.8. The third-order valence-corrected chi connectivity index (χ3v) is 2.74. The predicted octanol–water partition coefficient (Wildman–Crippen LogP) is 2.19. The minimum atomic E-state index is 0.327. The van der Waals surface area contributed by atoms with Gasteiger partial charge in [0.15, 0.2) is 0 Å². The van der Waals surface area contributed by atoms with Crippen LogP contribution in [0.1, 0.15) is 44.5 Å². The van der Waals surface area contributed by atoms with Crippen LogP contribution in [0, 0.1) is 6.92 Å². The number of hydrogen-bond acceptors (Lipinski definition) is 3. The van der Waals surface area contributed by atoms with Crippen molar-refractivity contribution in [3.05, 3.63) is 17.5 Å². The van der Waals surface area contributed by atoms with E-state index in [1.54, 1.807) is 0 Å². The van der Waals surface area contributed by atoms with E-state index >= 15 is 0 Å². The highest BCUT2D eigenvalue weighted by Crippen LogP contribution is 2.15. The zero-order valence-electron chi connectivity index (χ0n) is 11.7. The van der Waals surface area contributed by atoms with Crippen molar-refractivity contribution in [2.24, 2.45) is 7.05 Å². The lowest BCUT2D eigenvalue weighted by atomic mass is 10.1. The summed E-state index contributed by atoms with van der Waals surface area (Å²) < 4.78 is 7.37. The van der Waals surface area contributed by atoms with E-state index in [4.69, 9.17) is 4.74 Å². The molecular formula is C13H25N3O. The molecule has 98 valence electrons. The number of rotatable bonds is 7. The van der Waals surface area contributed by atoms with Crippen LogP contribution < -0.4 is 5.32 Å². The topological polar surface area (TPSA) is 39.1 Å². The van der Waals surface area contributed by atoms with Crippen LogP contribution in [-0.2, 0) is 11.8 Å². The minimum absolute atomic E-state index is 0.327. The predicted molar refractivity (Wildman–Crippen MR) is 70.1 cm³/mol. The molecule has 0 aliphatic rings. The zero-order valence-corrected chi connectivity index (χ0v) is 11.7. The van der Waals surface area contributed by atoms with Gasteiger partial charge in [-0.15, -0.1) is 0 Å². The Hall–Kier alpha value is -0.870. The molecule has 0 saturated heterocycles. The van der Waals surface area contributed by atoms with E-state index in [1.165, 1.54) is 5.56 Å². The molecule has 0 radical (unpaired) electrons. The minimum Gasteiger partial charge on any atom is -0.379 e. The van der Waals surface area contributed by atoms with Crippen molar-refractivity contribution in [3.63, 3.8) is 0 Å². The fourth-order valence-electron chi connectivity index (χ4n) is 1.86. The maximum absolute atomic E-state index is 5.50. The lowest BCUT2D eigenvalue weighted by molar-refractivity contribution is 0.0768. The largest absolute Gasteiger partial charge is 0.379 e. The summed E-state index contributed by atoms with van der Waals surface area (Å²) in [6.07, 6.45) is 3.45. The van der Waals surface area contributed by atoms with Gasteiger partial charge in [-0.2, -0.15) is 5.10 Å². The van der Waals surface area contributed by atoms with Crippen molar-refractivity contribution in [3.8, 4) is 0 Å². The van der Waals surface area contributed by atoms with Crippen molar-refractivity contribution in [1.82, 2.24) is 15.1 Å². The Morgan fingerprint density at radius 3 is 2.65 bits per heavy atom. The van der Waals surface area contributed by atoms with E-state index in [1.807, 2.05) is 11.7 Å². The first-order valence-electron chi connectivity index (χ1n) is 6.36. The Morgan fingerprint density at radius 2 is 2.12 bits per heavy atom. The maximum atomic E-state index is 5.50. The van der Waals surface area contributed by atoms with Gasteiger partial charge in [-0.05, 0) is 40.7 Å². The summed E-state index contributed by atoms with van der Waals surface area (Å²) >= 11 is 0. The molecule has 1 atom stereocenters. The third-order valence-electron chi connectivity index (χ3n) is 2.74. The molecule has 4 heteroatoms. The molecule has 1 unspecified atom stereocenters. The Bertz CT molecular complexity index is 333. The van der Waals surface area contributed by atoms with Crippen LogP contribution in [0.25, 0.3) is 0 Å². The quantitative estimate of drug-likeness (QED) is 0.741. The van der Waals surface area contributed by atoms with Gasteiger partial charge in [0, 0.05) is 31.5 Å². The number of ether oxygens (including phenoxy) is 1. The van der Waals surface area contributed by atoms with Crippen LogP contribution in [0.5, 0.6) is 0 Å². The summed E-state index contributed by atoms with van der Waals surface area (Å²) in [4.78, 5) is 0. The lowest BCUT2D eigenvalue weighted by Crippen LogP contribution is -2.21. The van der Waals surface area contributed by atoms with Crippen molar-refractivity contribution < 1.29 is 4.74 Å². The third kappa shape index (κ3) is 4.88. The van der Waals surface area contributed by atoms with Crippen LogP contribution in [0.15, 0.2) is 6.20 Å². The molecule has 0 bridgehead atoms. The molecule has 17 heavy (non-hydrogen) atoms. The van der Waals surface area contributed by atoms with E-state index in [2.05, 4.69) is 44.3 Å². The van der Waals surface area contributed by atoms with Gasteiger partial charge in [-0.25, -0.2) is 0 Å². The molecule has 0 amide bonds. The molecule has 0 spiro atoms. The monoisotopic (exact) mass is 239 g/mol. The van der Waals surface area contributed by atoms with E-state index in [0.717, 1.165) is 25.3 Å². The van der Waals surface area contributed by atoms with E-state index in [0.29, 0.717) is 12.1 Å². The van der Waals surface area contributed by atoms with Gasteiger partial charge in [0.2, 0.25) is 0 Å². The summed E-state index contributed by atoms with van der Waals surface area (Å²) in [6, 6.07) is 0.350. The molecule has 4 nitrogen and oxygen atoms in total. The molecule has 1 heterocycles. The fourth-order valence-corrected chi connectivity index (χ4v) is 1.86. The molecular weight excluding hydrogens is 214 g/mol. The summed E-state index contributed by atoms with van der Waals surface area (Å²) in [5.41, 5.74) is 2.38. The number of aromatic nitrogens is 2. The molecule has 0 fully saturated rings. The number of nitrogens with zero attached hydrogens (tertiary/aromatic N) is 2. The Morgan fingerprint density at radius 1 is 1.41 bits per heavy atom. The smallest absolute Gasteiger partial charge is 0.0641 e. The second kappa shape index (κ2) is 6.77. The van der Waals surface area contributed by atoms with Crippen molar-refractivity contribution >= 4 is 0 Å². The van der Waals surface area contributed by atoms with Crippen LogP contribution in [-0.4, -0.2) is 29.0 Å². The van der Waals surface area contributed by atoms with Crippen molar-refractivity contribution in [2.75, 3.05) is 13.2 Å². The lowest BCUT2D eigenvalue weighted by Gasteiger charge is -2.13. The fraction of sp³-hybridized carbons (Fsp3) is 0.769. The highest BCUT2D eigenvalue weighted by Gasteiger charge is 2.10. The summed E-state index contributed by atoms with van der Waals surface area (Å²) in [5, 5.41) is 7.85. The number of aryl methyl sites for hydroxylation is 2. The number of hydrogen-bond donors (Lipinski definition) is 1. The average Bonchev–Trinajstić information content (AvgIpc) is 2.56. The number of nitrogens with one attached hydrogen (secondary N) is 1. The first-order chi connectivity index (χ1) is 8.00. The molecule has 0 saturated carbocycles. The Labute approximate surface area is 104 Å². The first kappa shape index (κ1) is 14.2. The summed E-state index contributed by atoms with van der Waals surface area (Å²) in [6.45, 7) is 10.2. The van der Waals surface area contributed by atoms with Crippen LogP contribution in [0.2, 0.25) is 0 Å². The Balaban J connectivity index is 2.25. The Kier molecular flexibility index (Phi) is 5.65. The van der Waals surface area contributed by atoms with Gasteiger partial charge >= 0.3 is 0 Å². The van der Waals surface area contributed by atoms with Gasteiger partial charge in [0.1, 0.15) is 0 Å². The molecule has 0 aliphatic heterocycles. The highest BCUT2D eigenvalue weighted by atomic mass is 16.5. The molecule has 1 N–H and O–H groups in total.